The fourth-order valence-corrected chi connectivity index (χ4v) is 1.99. The molecule has 3 N–H and O–H groups in total. The molecule has 0 heterocycles. The number of nitrogens with one attached hydrogen (secondary N) is 1. The van der Waals surface area contributed by atoms with Crippen molar-refractivity contribution in [2.45, 2.75) is 13.8 Å². The number of anilines is 2. The number of benzene rings is 2. The summed E-state index contributed by atoms with van der Waals surface area (Å²) >= 11 is 3.43. The van der Waals surface area contributed by atoms with Gasteiger partial charge in [0, 0.05) is 21.4 Å². The minimum Gasteiger partial charge on any atom is -0.399 e. The number of carbonyl (C=O) groups excluding carboxylic acids is 1. The summed E-state index contributed by atoms with van der Waals surface area (Å²) in [5.41, 5.74) is 9.79. The van der Waals surface area contributed by atoms with Crippen LogP contribution in [0, 0.1) is 13.8 Å². The number of halogens is 1. The Labute approximate surface area is 121 Å². The van der Waals surface area contributed by atoms with Crippen LogP contribution in [0.2, 0.25) is 0 Å². The van der Waals surface area contributed by atoms with Gasteiger partial charge in [-0.25, -0.2) is 0 Å². The van der Waals surface area contributed by atoms with Crippen molar-refractivity contribution in [1.82, 2.24) is 0 Å². The Kier molecular flexibility index (Phi) is 3.90. The Bertz CT molecular complexity index is 638. The molecule has 2 aromatic rings. The van der Waals surface area contributed by atoms with E-state index in [-0.39, 0.29) is 5.91 Å². The Morgan fingerprint density at radius 3 is 2.47 bits per heavy atom. The van der Waals surface area contributed by atoms with Gasteiger partial charge in [0.1, 0.15) is 0 Å². The third-order valence-electron chi connectivity index (χ3n) is 2.95. The lowest BCUT2D eigenvalue weighted by molar-refractivity contribution is 0.102. The molecule has 0 aliphatic rings. The van der Waals surface area contributed by atoms with E-state index >= 15 is 0 Å². The highest BCUT2D eigenvalue weighted by atomic mass is 79.9. The van der Waals surface area contributed by atoms with E-state index in [9.17, 15) is 4.79 Å². The van der Waals surface area contributed by atoms with Crippen LogP contribution in [0.4, 0.5) is 11.4 Å². The maximum Gasteiger partial charge on any atom is 0.255 e. The van der Waals surface area contributed by atoms with Crippen LogP contribution in [0.3, 0.4) is 0 Å². The number of nitrogens with two attached hydrogens (primary N) is 1. The van der Waals surface area contributed by atoms with Crippen molar-refractivity contribution < 1.29 is 4.79 Å². The normalized spacial score (nSPS) is 10.3. The molecule has 0 saturated heterocycles. The smallest absolute Gasteiger partial charge is 0.255 e. The summed E-state index contributed by atoms with van der Waals surface area (Å²) in [6.07, 6.45) is 0. The molecule has 0 spiro atoms. The molecule has 0 aliphatic carbocycles. The molecule has 98 valence electrons. The molecule has 2 rings (SSSR count). The highest BCUT2D eigenvalue weighted by molar-refractivity contribution is 9.10. The lowest BCUT2D eigenvalue weighted by Crippen LogP contribution is -2.12. The van der Waals surface area contributed by atoms with Crippen LogP contribution in [0.1, 0.15) is 21.5 Å². The topological polar surface area (TPSA) is 55.1 Å². The number of hydrogen-bond acceptors (Lipinski definition) is 2. The van der Waals surface area contributed by atoms with Gasteiger partial charge < -0.3 is 11.1 Å². The molecule has 0 fully saturated rings. The zero-order valence-electron chi connectivity index (χ0n) is 10.8. The third kappa shape index (κ3) is 3.15. The first kappa shape index (κ1) is 13.6. The summed E-state index contributed by atoms with van der Waals surface area (Å²) in [6.45, 7) is 3.86. The van der Waals surface area contributed by atoms with Crippen LogP contribution in [-0.2, 0) is 0 Å². The highest BCUT2D eigenvalue weighted by Gasteiger charge is 2.08. The van der Waals surface area contributed by atoms with Crippen molar-refractivity contribution in [3.8, 4) is 0 Å². The first-order valence-electron chi connectivity index (χ1n) is 5.91. The zero-order chi connectivity index (χ0) is 14.0. The van der Waals surface area contributed by atoms with Gasteiger partial charge in [-0.3, -0.25) is 4.79 Å². The quantitative estimate of drug-likeness (QED) is 0.825. The summed E-state index contributed by atoms with van der Waals surface area (Å²) in [5.74, 6) is -0.134. The van der Waals surface area contributed by atoms with Crippen LogP contribution < -0.4 is 11.1 Å². The number of carbonyl (C=O) groups is 1. The first-order valence-corrected chi connectivity index (χ1v) is 6.70. The van der Waals surface area contributed by atoms with Gasteiger partial charge >= 0.3 is 0 Å². The predicted octanol–water partition coefficient (Wildman–Crippen LogP) is 3.90. The van der Waals surface area contributed by atoms with Gasteiger partial charge in [0.2, 0.25) is 0 Å². The van der Waals surface area contributed by atoms with Crippen molar-refractivity contribution >= 4 is 33.2 Å². The standard InChI is InChI=1S/C15H15BrN2O/c1-9-8-12(4-5-13(9)16)18-15(19)11-3-6-14(17)10(2)7-11/h3-8H,17H2,1-2H3,(H,18,19). The molecule has 4 heteroatoms. The summed E-state index contributed by atoms with van der Waals surface area (Å²) in [4.78, 5) is 12.1. The van der Waals surface area contributed by atoms with E-state index < -0.39 is 0 Å². The zero-order valence-corrected chi connectivity index (χ0v) is 12.4. The molecule has 0 unspecified atom stereocenters. The Hall–Kier alpha value is -1.81. The second kappa shape index (κ2) is 5.45. The van der Waals surface area contributed by atoms with E-state index in [0.717, 1.165) is 21.3 Å². The fraction of sp³-hybridized carbons (Fsp3) is 0.133. The molecule has 3 nitrogen and oxygen atoms in total. The highest BCUT2D eigenvalue weighted by Crippen LogP contribution is 2.21. The second-order valence-corrected chi connectivity index (χ2v) is 5.34. The SMILES string of the molecule is Cc1cc(C(=O)Nc2ccc(Br)c(C)c2)ccc1N. The summed E-state index contributed by atoms with van der Waals surface area (Å²) in [6, 6.07) is 11.0. The van der Waals surface area contributed by atoms with Gasteiger partial charge in [-0.05, 0) is 61.4 Å². The van der Waals surface area contributed by atoms with E-state index in [4.69, 9.17) is 5.73 Å². The Morgan fingerprint density at radius 2 is 1.84 bits per heavy atom. The molecular weight excluding hydrogens is 304 g/mol. The molecule has 0 bridgehead atoms. The fourth-order valence-electron chi connectivity index (χ4n) is 1.74. The first-order chi connectivity index (χ1) is 8.97. The van der Waals surface area contributed by atoms with Gasteiger partial charge in [-0.1, -0.05) is 15.9 Å². The Balaban J connectivity index is 2.20. The van der Waals surface area contributed by atoms with Gasteiger partial charge in [0.05, 0.1) is 0 Å². The van der Waals surface area contributed by atoms with Crippen molar-refractivity contribution in [3.63, 3.8) is 0 Å². The van der Waals surface area contributed by atoms with Crippen LogP contribution in [-0.4, -0.2) is 5.91 Å². The maximum absolute atomic E-state index is 12.1. The van der Waals surface area contributed by atoms with Crippen LogP contribution in [0.15, 0.2) is 40.9 Å². The predicted molar refractivity (Wildman–Crippen MR) is 82.4 cm³/mol. The van der Waals surface area contributed by atoms with E-state index in [1.54, 1.807) is 18.2 Å². The van der Waals surface area contributed by atoms with E-state index in [1.165, 1.54) is 0 Å². The van der Waals surface area contributed by atoms with Crippen molar-refractivity contribution in [2.75, 3.05) is 11.1 Å². The minimum atomic E-state index is -0.134. The molecule has 0 aliphatic heterocycles. The Morgan fingerprint density at radius 1 is 1.11 bits per heavy atom. The van der Waals surface area contributed by atoms with Gasteiger partial charge in [0.25, 0.3) is 5.91 Å². The second-order valence-electron chi connectivity index (χ2n) is 4.49. The van der Waals surface area contributed by atoms with Crippen molar-refractivity contribution in [1.29, 1.82) is 0 Å². The molecule has 0 atom stereocenters. The molecular formula is C15H15BrN2O. The van der Waals surface area contributed by atoms with E-state index in [0.29, 0.717) is 11.3 Å². The minimum absolute atomic E-state index is 0.134. The molecule has 2 aromatic carbocycles. The monoisotopic (exact) mass is 318 g/mol. The van der Waals surface area contributed by atoms with Gasteiger partial charge in [-0.2, -0.15) is 0 Å². The molecule has 1 amide bonds. The van der Waals surface area contributed by atoms with Gasteiger partial charge in [-0.15, -0.1) is 0 Å². The number of aryl methyl sites for hydroxylation is 2. The molecule has 0 saturated carbocycles. The van der Waals surface area contributed by atoms with Crippen molar-refractivity contribution in [2.24, 2.45) is 0 Å². The lowest BCUT2D eigenvalue weighted by atomic mass is 10.1. The van der Waals surface area contributed by atoms with E-state index in [2.05, 4.69) is 21.2 Å². The van der Waals surface area contributed by atoms with Gasteiger partial charge in [0.15, 0.2) is 0 Å². The van der Waals surface area contributed by atoms with Crippen LogP contribution in [0.25, 0.3) is 0 Å². The number of hydrogen-bond donors (Lipinski definition) is 2. The van der Waals surface area contributed by atoms with Crippen molar-refractivity contribution in [3.05, 3.63) is 57.6 Å². The number of amides is 1. The largest absolute Gasteiger partial charge is 0.399 e. The maximum atomic E-state index is 12.1. The van der Waals surface area contributed by atoms with E-state index in [1.807, 2.05) is 32.0 Å². The number of rotatable bonds is 2. The molecule has 0 radical (unpaired) electrons. The summed E-state index contributed by atoms with van der Waals surface area (Å²) in [7, 11) is 0. The third-order valence-corrected chi connectivity index (χ3v) is 3.84. The summed E-state index contributed by atoms with van der Waals surface area (Å²) < 4.78 is 1.02. The average Bonchev–Trinajstić information content (AvgIpc) is 2.37. The molecule has 0 aromatic heterocycles. The summed E-state index contributed by atoms with van der Waals surface area (Å²) in [5, 5.41) is 2.87. The lowest BCUT2D eigenvalue weighted by Gasteiger charge is -2.08. The average molecular weight is 319 g/mol. The van der Waals surface area contributed by atoms with Crippen LogP contribution >= 0.6 is 15.9 Å². The number of nitrogen functional groups attached to an aromatic ring is 1. The molecule has 19 heavy (non-hydrogen) atoms. The van der Waals surface area contributed by atoms with Crippen LogP contribution in [0.5, 0.6) is 0 Å².